The summed E-state index contributed by atoms with van der Waals surface area (Å²) >= 11 is 5.58. The lowest BCUT2D eigenvalue weighted by Gasteiger charge is -2.30. The second-order valence-corrected chi connectivity index (χ2v) is 4.84. The quantitative estimate of drug-likeness (QED) is 0.847. The van der Waals surface area contributed by atoms with E-state index in [0.29, 0.717) is 17.2 Å². The first-order valence-corrected chi connectivity index (χ1v) is 6.92. The fourth-order valence-corrected chi connectivity index (χ4v) is 2.56. The van der Waals surface area contributed by atoms with Crippen LogP contribution >= 0.6 is 24.6 Å². The van der Waals surface area contributed by atoms with Crippen molar-refractivity contribution in [1.82, 2.24) is 10.2 Å². The number of ether oxygens (including phenoxy) is 3. The highest BCUT2D eigenvalue weighted by Crippen LogP contribution is 2.38. The molecule has 0 atom stereocenters. The molecule has 2 rings (SSSR count). The van der Waals surface area contributed by atoms with Crippen molar-refractivity contribution in [2.24, 2.45) is 0 Å². The molecule has 1 aliphatic rings. The summed E-state index contributed by atoms with van der Waals surface area (Å²) in [6, 6.07) is 3.79. The number of hydrogen-bond donors (Lipinski definition) is 1. The molecule has 118 valence electrons. The number of halogens is 1. The van der Waals surface area contributed by atoms with Gasteiger partial charge in [0.1, 0.15) is 4.99 Å². The smallest absolute Gasteiger partial charge is 0.203 e. The molecule has 0 amide bonds. The molecule has 1 fully saturated rings. The van der Waals surface area contributed by atoms with E-state index in [1.165, 1.54) is 0 Å². The fraction of sp³-hybridized carbons (Fsp3) is 0.500. The molecular formula is C14H21ClN2O3S. The van der Waals surface area contributed by atoms with E-state index >= 15 is 0 Å². The third-order valence-corrected chi connectivity index (χ3v) is 3.81. The van der Waals surface area contributed by atoms with Crippen molar-refractivity contribution in [3.8, 4) is 17.2 Å². The van der Waals surface area contributed by atoms with Gasteiger partial charge in [-0.25, -0.2) is 0 Å². The van der Waals surface area contributed by atoms with Crippen molar-refractivity contribution in [2.75, 3.05) is 47.5 Å². The van der Waals surface area contributed by atoms with E-state index in [9.17, 15) is 0 Å². The van der Waals surface area contributed by atoms with Crippen LogP contribution in [0.5, 0.6) is 17.2 Å². The number of benzene rings is 1. The Balaban J connectivity index is 0.00000220. The van der Waals surface area contributed by atoms with Crippen LogP contribution in [0.2, 0.25) is 0 Å². The van der Waals surface area contributed by atoms with E-state index in [1.54, 1.807) is 21.3 Å². The SMILES string of the molecule is COc1cc(C(=S)N2CCNCC2)cc(OC)c1OC.Cl. The van der Waals surface area contributed by atoms with Gasteiger partial charge in [-0.05, 0) is 12.1 Å². The summed E-state index contributed by atoms with van der Waals surface area (Å²) in [7, 11) is 4.80. The van der Waals surface area contributed by atoms with Crippen LogP contribution in [0.15, 0.2) is 12.1 Å². The predicted molar refractivity (Wildman–Crippen MR) is 89.5 cm³/mol. The minimum atomic E-state index is 0. The molecule has 0 bridgehead atoms. The van der Waals surface area contributed by atoms with Crippen LogP contribution in [0, 0.1) is 0 Å². The predicted octanol–water partition coefficient (Wildman–Crippen LogP) is 1.71. The van der Waals surface area contributed by atoms with Gasteiger partial charge in [0.15, 0.2) is 11.5 Å². The Hall–Kier alpha value is -1.24. The molecule has 0 aromatic heterocycles. The molecule has 0 radical (unpaired) electrons. The largest absolute Gasteiger partial charge is 0.493 e. The van der Waals surface area contributed by atoms with Crippen LogP contribution in [0.1, 0.15) is 5.56 Å². The Morgan fingerprint density at radius 2 is 1.57 bits per heavy atom. The molecule has 1 heterocycles. The fourth-order valence-electron chi connectivity index (χ4n) is 2.26. The van der Waals surface area contributed by atoms with Crippen LogP contribution < -0.4 is 19.5 Å². The minimum Gasteiger partial charge on any atom is -0.493 e. The maximum atomic E-state index is 5.58. The number of methoxy groups -OCH3 is 3. The average molecular weight is 333 g/mol. The first kappa shape index (κ1) is 17.8. The van der Waals surface area contributed by atoms with Crippen molar-refractivity contribution in [3.63, 3.8) is 0 Å². The standard InChI is InChI=1S/C14H20N2O3S.ClH/c1-17-11-8-10(9-12(18-2)13(11)19-3)14(20)16-6-4-15-5-7-16;/h8-9,15H,4-7H2,1-3H3;1H. The van der Waals surface area contributed by atoms with Gasteiger partial charge in [0.25, 0.3) is 0 Å². The second-order valence-electron chi connectivity index (χ2n) is 4.46. The van der Waals surface area contributed by atoms with Crippen LogP contribution in [-0.2, 0) is 0 Å². The highest BCUT2D eigenvalue weighted by atomic mass is 35.5. The van der Waals surface area contributed by atoms with Crippen molar-refractivity contribution >= 4 is 29.6 Å². The van der Waals surface area contributed by atoms with Gasteiger partial charge in [-0.1, -0.05) is 12.2 Å². The summed E-state index contributed by atoms with van der Waals surface area (Å²) in [6.07, 6.45) is 0. The van der Waals surface area contributed by atoms with Crippen molar-refractivity contribution in [1.29, 1.82) is 0 Å². The number of thiocarbonyl (C=S) groups is 1. The van der Waals surface area contributed by atoms with Gasteiger partial charge in [0.2, 0.25) is 5.75 Å². The Bertz CT molecular complexity index is 468. The lowest BCUT2D eigenvalue weighted by molar-refractivity contribution is 0.324. The summed E-state index contributed by atoms with van der Waals surface area (Å²) in [5.74, 6) is 1.83. The summed E-state index contributed by atoms with van der Waals surface area (Å²) < 4.78 is 16.0. The Labute approximate surface area is 137 Å². The van der Waals surface area contributed by atoms with E-state index in [4.69, 9.17) is 26.4 Å². The van der Waals surface area contributed by atoms with E-state index in [1.807, 2.05) is 12.1 Å². The molecule has 0 unspecified atom stereocenters. The van der Waals surface area contributed by atoms with Gasteiger partial charge in [-0.3, -0.25) is 0 Å². The molecule has 7 heteroatoms. The summed E-state index contributed by atoms with van der Waals surface area (Å²) in [5.41, 5.74) is 0.913. The van der Waals surface area contributed by atoms with Gasteiger partial charge in [-0.15, -0.1) is 12.4 Å². The van der Waals surface area contributed by atoms with Crippen LogP contribution in [0.25, 0.3) is 0 Å². The molecule has 0 aliphatic carbocycles. The second kappa shape index (κ2) is 8.26. The molecule has 1 aromatic rings. The van der Waals surface area contributed by atoms with Gasteiger partial charge in [0.05, 0.1) is 21.3 Å². The Kier molecular flexibility index (Phi) is 7.01. The molecule has 1 N–H and O–H groups in total. The highest BCUT2D eigenvalue weighted by Gasteiger charge is 2.19. The van der Waals surface area contributed by atoms with Crippen LogP contribution in [0.4, 0.5) is 0 Å². The average Bonchev–Trinajstić information content (AvgIpc) is 2.53. The van der Waals surface area contributed by atoms with E-state index in [2.05, 4.69) is 10.2 Å². The first-order valence-electron chi connectivity index (χ1n) is 6.51. The molecule has 0 spiro atoms. The Morgan fingerprint density at radius 3 is 2.00 bits per heavy atom. The number of nitrogens with one attached hydrogen (secondary N) is 1. The monoisotopic (exact) mass is 332 g/mol. The molecular weight excluding hydrogens is 312 g/mol. The van der Waals surface area contributed by atoms with Crippen molar-refractivity contribution < 1.29 is 14.2 Å². The van der Waals surface area contributed by atoms with Gasteiger partial charge in [0, 0.05) is 31.7 Å². The molecule has 5 nitrogen and oxygen atoms in total. The minimum absolute atomic E-state index is 0. The van der Waals surface area contributed by atoms with Crippen LogP contribution in [0.3, 0.4) is 0 Å². The van der Waals surface area contributed by atoms with Gasteiger partial charge in [-0.2, -0.15) is 0 Å². The number of nitrogens with zero attached hydrogens (tertiary/aromatic N) is 1. The van der Waals surface area contributed by atoms with Gasteiger partial charge >= 0.3 is 0 Å². The number of piperazine rings is 1. The van der Waals surface area contributed by atoms with Crippen molar-refractivity contribution in [3.05, 3.63) is 17.7 Å². The number of hydrogen-bond acceptors (Lipinski definition) is 5. The van der Waals surface area contributed by atoms with E-state index < -0.39 is 0 Å². The number of rotatable bonds is 4. The van der Waals surface area contributed by atoms with Crippen molar-refractivity contribution in [2.45, 2.75) is 0 Å². The van der Waals surface area contributed by atoms with Gasteiger partial charge < -0.3 is 24.4 Å². The van der Waals surface area contributed by atoms with E-state index in [-0.39, 0.29) is 12.4 Å². The zero-order valence-electron chi connectivity index (χ0n) is 12.5. The summed E-state index contributed by atoms with van der Waals surface area (Å²) in [4.78, 5) is 3.00. The summed E-state index contributed by atoms with van der Waals surface area (Å²) in [6.45, 7) is 3.72. The molecule has 1 aromatic carbocycles. The molecule has 1 aliphatic heterocycles. The molecule has 21 heavy (non-hydrogen) atoms. The molecule has 1 saturated heterocycles. The third-order valence-electron chi connectivity index (χ3n) is 3.32. The lowest BCUT2D eigenvalue weighted by Crippen LogP contribution is -2.46. The topological polar surface area (TPSA) is 43.0 Å². The first-order chi connectivity index (χ1) is 9.71. The zero-order valence-corrected chi connectivity index (χ0v) is 14.1. The highest BCUT2D eigenvalue weighted by molar-refractivity contribution is 7.80. The maximum Gasteiger partial charge on any atom is 0.203 e. The third kappa shape index (κ3) is 3.90. The maximum absolute atomic E-state index is 5.58. The Morgan fingerprint density at radius 1 is 1.05 bits per heavy atom. The van der Waals surface area contributed by atoms with E-state index in [0.717, 1.165) is 36.7 Å². The zero-order chi connectivity index (χ0) is 14.5. The van der Waals surface area contributed by atoms with Crippen LogP contribution in [-0.4, -0.2) is 57.4 Å². The summed E-state index contributed by atoms with van der Waals surface area (Å²) in [5, 5.41) is 3.31. The lowest BCUT2D eigenvalue weighted by atomic mass is 10.1. The molecule has 0 saturated carbocycles. The normalized spacial score (nSPS) is 14.1.